The van der Waals surface area contributed by atoms with Crippen LogP contribution in [0.1, 0.15) is 46.0 Å². The molecule has 0 aliphatic carbocycles. The molecule has 0 bridgehead atoms. The van der Waals surface area contributed by atoms with E-state index in [4.69, 9.17) is 0 Å². The lowest BCUT2D eigenvalue weighted by atomic mass is 9.78. The Kier molecular flexibility index (Phi) is 4.48. The van der Waals surface area contributed by atoms with Gasteiger partial charge in [0.25, 0.3) is 0 Å². The molecule has 0 aromatic rings. The van der Waals surface area contributed by atoms with E-state index in [-0.39, 0.29) is 0 Å². The summed E-state index contributed by atoms with van der Waals surface area (Å²) in [6, 6.07) is 0. The van der Waals surface area contributed by atoms with Gasteiger partial charge in [0.05, 0.1) is 0 Å². The molecule has 2 fully saturated rings. The van der Waals surface area contributed by atoms with E-state index in [0.717, 1.165) is 5.92 Å². The summed E-state index contributed by atoms with van der Waals surface area (Å²) in [4.78, 5) is 5.22. The topological polar surface area (TPSA) is 6.48 Å². The number of hydrogen-bond acceptors (Lipinski definition) is 2. The highest BCUT2D eigenvalue weighted by atomic mass is 15.2. The van der Waals surface area contributed by atoms with Gasteiger partial charge >= 0.3 is 0 Å². The third-order valence-electron chi connectivity index (χ3n) is 4.80. The third-order valence-corrected chi connectivity index (χ3v) is 4.80. The summed E-state index contributed by atoms with van der Waals surface area (Å²) >= 11 is 0. The molecule has 100 valence electrons. The molecule has 0 amide bonds. The zero-order valence-electron chi connectivity index (χ0n) is 12.0. The molecular formula is C15H30N2. The quantitative estimate of drug-likeness (QED) is 0.743. The second-order valence-corrected chi connectivity index (χ2v) is 6.87. The maximum atomic E-state index is 2.70. The fraction of sp³-hybridized carbons (Fsp3) is 1.00. The van der Waals surface area contributed by atoms with E-state index in [2.05, 4.69) is 30.7 Å². The fourth-order valence-corrected chi connectivity index (χ4v) is 3.54. The molecule has 2 heteroatoms. The number of likely N-dealkylation sites (tertiary alicyclic amines) is 2. The van der Waals surface area contributed by atoms with Crippen molar-refractivity contribution in [3.8, 4) is 0 Å². The minimum absolute atomic E-state index is 0.698. The van der Waals surface area contributed by atoms with Gasteiger partial charge in [-0.3, -0.25) is 0 Å². The molecule has 2 aliphatic rings. The summed E-state index contributed by atoms with van der Waals surface area (Å²) in [5.74, 6) is 0.870. The van der Waals surface area contributed by atoms with Crippen LogP contribution in [-0.4, -0.2) is 49.6 Å². The van der Waals surface area contributed by atoms with E-state index in [1.54, 1.807) is 0 Å². The molecular weight excluding hydrogens is 208 g/mol. The van der Waals surface area contributed by atoms with Crippen LogP contribution in [0.25, 0.3) is 0 Å². The van der Waals surface area contributed by atoms with Gasteiger partial charge in [-0.15, -0.1) is 0 Å². The normalized spacial score (nSPS) is 26.1. The summed E-state index contributed by atoms with van der Waals surface area (Å²) in [6.07, 6.45) is 7.12. The standard InChI is InChI=1S/C15H30N2/c1-14(2)5-4-9-17-11-7-15(8-12-17)6-10-16(3)13-15/h14H,4-13H2,1-3H3. The molecule has 1 spiro atoms. The molecule has 2 heterocycles. The molecule has 2 aliphatic heterocycles. The van der Waals surface area contributed by atoms with Crippen LogP contribution < -0.4 is 0 Å². The molecule has 0 radical (unpaired) electrons. The van der Waals surface area contributed by atoms with Gasteiger partial charge < -0.3 is 9.80 Å². The molecule has 17 heavy (non-hydrogen) atoms. The van der Waals surface area contributed by atoms with E-state index in [1.807, 2.05) is 0 Å². The zero-order chi connectivity index (χ0) is 12.3. The highest BCUT2D eigenvalue weighted by Crippen LogP contribution is 2.39. The van der Waals surface area contributed by atoms with Gasteiger partial charge in [-0.1, -0.05) is 13.8 Å². The summed E-state index contributed by atoms with van der Waals surface area (Å²) in [6.45, 7) is 11.4. The van der Waals surface area contributed by atoms with Gasteiger partial charge in [-0.05, 0) is 76.7 Å². The van der Waals surface area contributed by atoms with Crippen molar-refractivity contribution in [3.63, 3.8) is 0 Å². The summed E-state index contributed by atoms with van der Waals surface area (Å²) < 4.78 is 0. The molecule has 0 atom stereocenters. The average Bonchev–Trinajstić information content (AvgIpc) is 2.63. The molecule has 2 saturated heterocycles. The Morgan fingerprint density at radius 1 is 1.06 bits per heavy atom. The van der Waals surface area contributed by atoms with Crippen LogP contribution in [0.2, 0.25) is 0 Å². The first-order valence-electron chi connectivity index (χ1n) is 7.51. The second-order valence-electron chi connectivity index (χ2n) is 6.87. The SMILES string of the molecule is CC(C)CCCN1CCC2(CCN(C)C2)CC1. The monoisotopic (exact) mass is 238 g/mol. The first-order valence-corrected chi connectivity index (χ1v) is 7.51. The Hall–Kier alpha value is -0.0800. The van der Waals surface area contributed by atoms with Crippen molar-refractivity contribution in [2.45, 2.75) is 46.0 Å². The van der Waals surface area contributed by atoms with Gasteiger partial charge in [0.15, 0.2) is 0 Å². The largest absolute Gasteiger partial charge is 0.306 e. The van der Waals surface area contributed by atoms with Gasteiger partial charge in [0.1, 0.15) is 0 Å². The molecule has 0 N–H and O–H groups in total. The van der Waals surface area contributed by atoms with E-state index >= 15 is 0 Å². The minimum Gasteiger partial charge on any atom is -0.306 e. The van der Waals surface area contributed by atoms with Crippen LogP contribution in [0.3, 0.4) is 0 Å². The van der Waals surface area contributed by atoms with Crippen LogP contribution in [-0.2, 0) is 0 Å². The lowest BCUT2D eigenvalue weighted by Gasteiger charge is -2.39. The first-order chi connectivity index (χ1) is 8.10. The van der Waals surface area contributed by atoms with Crippen LogP contribution in [0.15, 0.2) is 0 Å². The molecule has 0 aromatic carbocycles. The lowest BCUT2D eigenvalue weighted by molar-refractivity contribution is 0.108. The Bertz CT molecular complexity index is 229. The highest BCUT2D eigenvalue weighted by Gasteiger charge is 2.38. The predicted octanol–water partition coefficient (Wildman–Crippen LogP) is 2.84. The lowest BCUT2D eigenvalue weighted by Crippen LogP contribution is -2.41. The first kappa shape index (κ1) is 13.4. The van der Waals surface area contributed by atoms with Crippen molar-refractivity contribution in [1.29, 1.82) is 0 Å². The van der Waals surface area contributed by atoms with Crippen molar-refractivity contribution < 1.29 is 0 Å². The van der Waals surface area contributed by atoms with Crippen molar-refractivity contribution >= 4 is 0 Å². The van der Waals surface area contributed by atoms with Crippen LogP contribution in [0, 0.1) is 11.3 Å². The average molecular weight is 238 g/mol. The van der Waals surface area contributed by atoms with Gasteiger partial charge in [0.2, 0.25) is 0 Å². The van der Waals surface area contributed by atoms with Crippen molar-refractivity contribution in [2.75, 3.05) is 39.8 Å². The van der Waals surface area contributed by atoms with Crippen LogP contribution >= 0.6 is 0 Å². The third kappa shape index (κ3) is 3.69. The number of nitrogens with zero attached hydrogens (tertiary/aromatic N) is 2. The molecule has 0 unspecified atom stereocenters. The molecule has 0 saturated carbocycles. The smallest absolute Gasteiger partial charge is 0.00364 e. The fourth-order valence-electron chi connectivity index (χ4n) is 3.54. The zero-order valence-corrected chi connectivity index (χ0v) is 12.0. The van der Waals surface area contributed by atoms with Gasteiger partial charge in [-0.2, -0.15) is 0 Å². The van der Waals surface area contributed by atoms with E-state index in [1.165, 1.54) is 64.8 Å². The minimum atomic E-state index is 0.698. The Morgan fingerprint density at radius 2 is 1.71 bits per heavy atom. The number of hydrogen-bond donors (Lipinski definition) is 0. The molecule has 0 aromatic heterocycles. The maximum Gasteiger partial charge on any atom is 0.00364 e. The Morgan fingerprint density at radius 3 is 2.24 bits per heavy atom. The molecule has 2 nitrogen and oxygen atoms in total. The summed E-state index contributed by atoms with van der Waals surface area (Å²) in [5.41, 5.74) is 0.698. The molecule has 2 rings (SSSR count). The van der Waals surface area contributed by atoms with Gasteiger partial charge in [-0.25, -0.2) is 0 Å². The van der Waals surface area contributed by atoms with E-state index < -0.39 is 0 Å². The second kappa shape index (κ2) is 5.71. The number of piperidine rings is 1. The number of rotatable bonds is 4. The predicted molar refractivity (Wildman–Crippen MR) is 74.3 cm³/mol. The van der Waals surface area contributed by atoms with Gasteiger partial charge in [0, 0.05) is 6.54 Å². The highest BCUT2D eigenvalue weighted by molar-refractivity contribution is 4.92. The van der Waals surface area contributed by atoms with E-state index in [0.29, 0.717) is 5.41 Å². The van der Waals surface area contributed by atoms with Crippen molar-refractivity contribution in [2.24, 2.45) is 11.3 Å². The maximum absolute atomic E-state index is 2.70. The van der Waals surface area contributed by atoms with Crippen molar-refractivity contribution in [1.82, 2.24) is 9.80 Å². The Labute approximate surface area is 107 Å². The summed E-state index contributed by atoms with van der Waals surface area (Å²) in [5, 5.41) is 0. The van der Waals surface area contributed by atoms with Crippen LogP contribution in [0.4, 0.5) is 0 Å². The summed E-state index contributed by atoms with van der Waals surface area (Å²) in [7, 11) is 2.28. The van der Waals surface area contributed by atoms with Crippen molar-refractivity contribution in [3.05, 3.63) is 0 Å². The van der Waals surface area contributed by atoms with Crippen LogP contribution in [0.5, 0.6) is 0 Å². The Balaban J connectivity index is 1.67. The van der Waals surface area contributed by atoms with E-state index in [9.17, 15) is 0 Å².